The molecule has 0 saturated heterocycles. The van der Waals surface area contributed by atoms with Gasteiger partial charge in [0.05, 0.1) is 6.61 Å². The van der Waals surface area contributed by atoms with Crippen LogP contribution in [0.4, 0.5) is 5.69 Å². The van der Waals surface area contributed by atoms with E-state index in [0.29, 0.717) is 6.61 Å². The summed E-state index contributed by atoms with van der Waals surface area (Å²) in [5.74, 6) is 0.933. The van der Waals surface area contributed by atoms with Gasteiger partial charge in [0, 0.05) is 28.6 Å². The molecule has 0 spiro atoms. The molecule has 0 saturated carbocycles. The summed E-state index contributed by atoms with van der Waals surface area (Å²) in [6, 6.07) is 22.5. The Balaban J connectivity index is 1.62. The number of anilines is 1. The van der Waals surface area contributed by atoms with Gasteiger partial charge in [-0.25, -0.2) is 0 Å². The number of ether oxygens (including phenoxy) is 1. The minimum atomic E-state index is 0.671. The van der Waals surface area contributed by atoms with Gasteiger partial charge in [0.2, 0.25) is 0 Å². The molecule has 3 nitrogen and oxygen atoms in total. The highest BCUT2D eigenvalue weighted by Crippen LogP contribution is 2.30. The van der Waals surface area contributed by atoms with E-state index in [9.17, 15) is 0 Å². The first-order chi connectivity index (χ1) is 11.8. The van der Waals surface area contributed by atoms with Gasteiger partial charge in [-0.15, -0.1) is 0 Å². The Hall–Kier alpha value is -2.94. The van der Waals surface area contributed by atoms with Crippen molar-refractivity contribution in [2.24, 2.45) is 0 Å². The monoisotopic (exact) mass is 317 g/mol. The van der Waals surface area contributed by atoms with Crippen molar-refractivity contribution in [1.82, 2.24) is 0 Å². The molecule has 0 bridgehead atoms. The molecule has 0 fully saturated rings. The lowest BCUT2D eigenvalue weighted by molar-refractivity contribution is 0.337. The largest absolute Gasteiger partial charge is 0.494 e. The van der Waals surface area contributed by atoms with Crippen molar-refractivity contribution in [2.45, 2.75) is 13.5 Å². The molecule has 0 radical (unpaired) electrons. The molecule has 0 aliphatic rings. The van der Waals surface area contributed by atoms with Crippen LogP contribution in [-0.2, 0) is 6.54 Å². The van der Waals surface area contributed by atoms with Crippen LogP contribution in [0.25, 0.3) is 21.9 Å². The highest BCUT2D eigenvalue weighted by atomic mass is 16.5. The van der Waals surface area contributed by atoms with Crippen molar-refractivity contribution >= 4 is 27.6 Å². The Kier molecular flexibility index (Phi) is 3.83. The van der Waals surface area contributed by atoms with Gasteiger partial charge in [0.25, 0.3) is 0 Å². The van der Waals surface area contributed by atoms with E-state index < -0.39 is 0 Å². The topological polar surface area (TPSA) is 34.4 Å². The van der Waals surface area contributed by atoms with E-state index in [2.05, 4.69) is 23.5 Å². The number of rotatable bonds is 5. The van der Waals surface area contributed by atoms with Crippen molar-refractivity contribution in [3.05, 3.63) is 72.3 Å². The summed E-state index contributed by atoms with van der Waals surface area (Å²) in [5, 5.41) is 5.76. The van der Waals surface area contributed by atoms with Crippen LogP contribution in [-0.4, -0.2) is 6.61 Å². The third kappa shape index (κ3) is 2.69. The van der Waals surface area contributed by atoms with Crippen LogP contribution in [0, 0.1) is 0 Å². The van der Waals surface area contributed by atoms with Gasteiger partial charge in [-0.2, -0.15) is 0 Å². The van der Waals surface area contributed by atoms with Crippen molar-refractivity contribution < 1.29 is 9.15 Å². The third-order valence-electron chi connectivity index (χ3n) is 4.13. The van der Waals surface area contributed by atoms with Gasteiger partial charge in [0.15, 0.2) is 0 Å². The normalized spacial score (nSPS) is 11.0. The van der Waals surface area contributed by atoms with E-state index in [-0.39, 0.29) is 0 Å². The van der Waals surface area contributed by atoms with E-state index in [1.807, 2.05) is 55.5 Å². The molecule has 24 heavy (non-hydrogen) atoms. The number of benzene rings is 3. The molecule has 1 N–H and O–H groups in total. The number of hydrogen-bond acceptors (Lipinski definition) is 3. The minimum absolute atomic E-state index is 0.671. The van der Waals surface area contributed by atoms with Crippen LogP contribution in [0.2, 0.25) is 0 Å². The Labute approximate surface area is 140 Å². The van der Waals surface area contributed by atoms with Crippen molar-refractivity contribution in [3.63, 3.8) is 0 Å². The fraction of sp³-hybridized carbons (Fsp3) is 0.143. The van der Waals surface area contributed by atoms with E-state index in [4.69, 9.17) is 9.15 Å². The Bertz CT molecular complexity index is 987. The average molecular weight is 317 g/mol. The zero-order chi connectivity index (χ0) is 16.4. The molecular formula is C21H19NO2. The highest BCUT2D eigenvalue weighted by Gasteiger charge is 2.07. The molecule has 1 heterocycles. The summed E-state index contributed by atoms with van der Waals surface area (Å²) in [7, 11) is 0. The van der Waals surface area contributed by atoms with Crippen LogP contribution >= 0.6 is 0 Å². The van der Waals surface area contributed by atoms with Gasteiger partial charge >= 0.3 is 0 Å². The summed E-state index contributed by atoms with van der Waals surface area (Å²) in [6.07, 6.45) is 0. The van der Waals surface area contributed by atoms with Gasteiger partial charge in [-0.05, 0) is 37.3 Å². The molecule has 1 aromatic heterocycles. The first-order valence-electron chi connectivity index (χ1n) is 8.21. The Morgan fingerprint density at radius 3 is 2.58 bits per heavy atom. The third-order valence-corrected chi connectivity index (χ3v) is 4.13. The molecule has 4 rings (SSSR count). The first-order valence-corrected chi connectivity index (χ1v) is 8.21. The number of furan rings is 1. The van der Waals surface area contributed by atoms with Crippen LogP contribution in [0.1, 0.15) is 12.5 Å². The highest BCUT2D eigenvalue weighted by molar-refractivity contribution is 6.05. The minimum Gasteiger partial charge on any atom is -0.494 e. The number of hydrogen-bond donors (Lipinski definition) is 1. The quantitative estimate of drug-likeness (QED) is 0.520. The van der Waals surface area contributed by atoms with E-state index in [1.54, 1.807) is 0 Å². The second kappa shape index (κ2) is 6.28. The van der Waals surface area contributed by atoms with Crippen molar-refractivity contribution in [2.75, 3.05) is 11.9 Å². The van der Waals surface area contributed by atoms with Crippen molar-refractivity contribution in [1.29, 1.82) is 0 Å². The molecule has 120 valence electrons. The summed E-state index contributed by atoms with van der Waals surface area (Å²) in [6.45, 7) is 3.39. The zero-order valence-electron chi connectivity index (χ0n) is 13.6. The van der Waals surface area contributed by atoms with Crippen LogP contribution in [0.15, 0.2) is 71.1 Å². The lowest BCUT2D eigenvalue weighted by atomic mass is 10.1. The van der Waals surface area contributed by atoms with Crippen molar-refractivity contribution in [3.8, 4) is 5.75 Å². The SMILES string of the molecule is CCOc1ccccc1CNc1ccc2oc3ccccc3c2c1. The molecule has 0 unspecified atom stereocenters. The Morgan fingerprint density at radius 2 is 1.67 bits per heavy atom. The zero-order valence-corrected chi connectivity index (χ0v) is 13.6. The molecule has 0 amide bonds. The maximum atomic E-state index is 5.87. The lowest BCUT2D eigenvalue weighted by Gasteiger charge is -2.11. The summed E-state index contributed by atoms with van der Waals surface area (Å²) in [4.78, 5) is 0. The molecule has 3 heteroatoms. The second-order valence-electron chi connectivity index (χ2n) is 5.70. The summed E-state index contributed by atoms with van der Waals surface area (Å²) >= 11 is 0. The van der Waals surface area contributed by atoms with Gasteiger partial charge in [0.1, 0.15) is 16.9 Å². The standard InChI is InChI=1S/C21H19NO2/c1-2-23-19-9-5-3-7-15(19)14-22-16-11-12-21-18(13-16)17-8-4-6-10-20(17)24-21/h3-13,22H,2,14H2,1H3. The maximum Gasteiger partial charge on any atom is 0.135 e. The average Bonchev–Trinajstić information content (AvgIpc) is 2.99. The fourth-order valence-corrected chi connectivity index (χ4v) is 2.98. The van der Waals surface area contributed by atoms with E-state index in [0.717, 1.165) is 45.5 Å². The fourth-order valence-electron chi connectivity index (χ4n) is 2.98. The van der Waals surface area contributed by atoms with Gasteiger partial charge < -0.3 is 14.5 Å². The smallest absolute Gasteiger partial charge is 0.135 e. The molecule has 3 aromatic carbocycles. The van der Waals surface area contributed by atoms with E-state index >= 15 is 0 Å². The maximum absolute atomic E-state index is 5.87. The first kappa shape index (κ1) is 14.6. The van der Waals surface area contributed by atoms with Crippen LogP contribution in [0.5, 0.6) is 5.75 Å². The van der Waals surface area contributed by atoms with E-state index in [1.165, 1.54) is 0 Å². The molecular weight excluding hydrogens is 298 g/mol. The van der Waals surface area contributed by atoms with Crippen LogP contribution in [0.3, 0.4) is 0 Å². The number of fused-ring (bicyclic) bond motifs is 3. The molecule has 0 atom stereocenters. The lowest BCUT2D eigenvalue weighted by Crippen LogP contribution is -2.02. The molecule has 0 aliphatic heterocycles. The Morgan fingerprint density at radius 1 is 0.875 bits per heavy atom. The predicted molar refractivity (Wildman–Crippen MR) is 98.7 cm³/mol. The second-order valence-corrected chi connectivity index (χ2v) is 5.70. The summed E-state index contributed by atoms with van der Waals surface area (Å²) in [5.41, 5.74) is 4.06. The van der Waals surface area contributed by atoms with Gasteiger partial charge in [-0.1, -0.05) is 36.4 Å². The number of nitrogens with one attached hydrogen (secondary N) is 1. The summed E-state index contributed by atoms with van der Waals surface area (Å²) < 4.78 is 11.6. The molecule has 4 aromatic rings. The number of para-hydroxylation sites is 2. The predicted octanol–water partition coefficient (Wildman–Crippen LogP) is 5.60. The molecule has 0 aliphatic carbocycles. The van der Waals surface area contributed by atoms with Crippen LogP contribution < -0.4 is 10.1 Å². The van der Waals surface area contributed by atoms with Gasteiger partial charge in [-0.3, -0.25) is 0 Å².